The van der Waals surface area contributed by atoms with Gasteiger partial charge in [0.15, 0.2) is 0 Å². The van der Waals surface area contributed by atoms with Gasteiger partial charge < -0.3 is 0 Å². The van der Waals surface area contributed by atoms with E-state index < -0.39 is 13.4 Å². The third-order valence-electron chi connectivity index (χ3n) is 3.21. The van der Waals surface area contributed by atoms with Gasteiger partial charge in [0.05, 0.1) is 0 Å². The number of rotatable bonds is 0. The molecule has 3 rings (SSSR count). The van der Waals surface area contributed by atoms with Crippen LogP contribution in [-0.4, -0.2) is 13.4 Å². The smallest absolute Gasteiger partial charge is 0.134 e. The Morgan fingerprint density at radius 2 is 0.722 bits per heavy atom. The lowest BCUT2D eigenvalue weighted by Crippen LogP contribution is -2.74. The van der Waals surface area contributed by atoms with Crippen molar-refractivity contribution in [1.29, 1.82) is 0 Å². The number of benzene rings is 2. The van der Waals surface area contributed by atoms with Gasteiger partial charge in [-0.25, -0.2) is 0 Å². The van der Waals surface area contributed by atoms with E-state index >= 15 is 0 Å². The second kappa shape index (κ2) is 4.27. The summed E-state index contributed by atoms with van der Waals surface area (Å²) in [6.07, 6.45) is 0. The summed E-state index contributed by atoms with van der Waals surface area (Å²) in [6, 6.07) is 15.5. The van der Waals surface area contributed by atoms with E-state index in [2.05, 4.69) is 0 Å². The Balaban J connectivity index is 2.41. The van der Waals surface area contributed by atoms with Gasteiger partial charge in [0, 0.05) is 0 Å². The molecule has 0 atom stereocenters. The number of hydrogen-bond acceptors (Lipinski definition) is 0. The van der Waals surface area contributed by atoms with Crippen LogP contribution in [0.25, 0.3) is 0 Å². The van der Waals surface area contributed by atoms with Crippen LogP contribution in [0.4, 0.5) is 0 Å². The Morgan fingerprint density at radius 1 is 0.500 bits per heavy atom. The summed E-state index contributed by atoms with van der Waals surface area (Å²) in [7, 11) is 0. The lowest BCUT2D eigenvalue weighted by atomic mass is 10.3. The zero-order valence-electron chi connectivity index (χ0n) is 9.13. The molecule has 0 unspecified atom stereocenters. The van der Waals surface area contributed by atoms with E-state index in [0.717, 1.165) is 20.7 Å². The monoisotopic (exact) mass is 348 g/mol. The first-order chi connectivity index (χ1) is 8.45. The Labute approximate surface area is 126 Å². The van der Waals surface area contributed by atoms with Crippen molar-refractivity contribution in [1.82, 2.24) is 0 Å². The van der Waals surface area contributed by atoms with Crippen LogP contribution in [0.3, 0.4) is 0 Å². The Morgan fingerprint density at radius 3 is 0.944 bits per heavy atom. The molecule has 0 amide bonds. The lowest BCUT2D eigenvalue weighted by Gasteiger charge is -2.34. The molecule has 0 aromatic heterocycles. The van der Waals surface area contributed by atoms with Gasteiger partial charge in [-0.3, -0.25) is 0 Å². The molecule has 0 radical (unpaired) electrons. The summed E-state index contributed by atoms with van der Waals surface area (Å²) in [4.78, 5) is 0. The van der Waals surface area contributed by atoms with Crippen molar-refractivity contribution in [2.45, 2.75) is 0 Å². The molecular weight excluding hydrogens is 342 g/mol. The third kappa shape index (κ3) is 1.71. The van der Waals surface area contributed by atoms with Gasteiger partial charge in [0.1, 0.15) is 0 Å². The fourth-order valence-electron chi connectivity index (χ4n) is 2.35. The Kier molecular flexibility index (Phi) is 3.09. The molecule has 92 valence electrons. The summed E-state index contributed by atoms with van der Waals surface area (Å²) in [5.41, 5.74) is 0. The standard InChI is InChI=1S/C12H8Cl4Si2/c13-17(14)9-5-1-2-6-10(9)18(15,16)12-8-4-3-7-11(12)17/h1-8H. The van der Waals surface area contributed by atoms with Crippen LogP contribution in [0.2, 0.25) is 0 Å². The maximum atomic E-state index is 6.67. The maximum Gasteiger partial charge on any atom is 0.310 e. The fraction of sp³-hybridized carbons (Fsp3) is 0. The summed E-state index contributed by atoms with van der Waals surface area (Å²) < 4.78 is 0. The minimum atomic E-state index is -2.71. The largest absolute Gasteiger partial charge is 0.310 e. The first-order valence-electron chi connectivity index (χ1n) is 5.41. The highest BCUT2D eigenvalue weighted by Gasteiger charge is 2.51. The fourth-order valence-corrected chi connectivity index (χ4v) is 13.9. The number of hydrogen-bond donors (Lipinski definition) is 0. The molecule has 0 nitrogen and oxygen atoms in total. The van der Waals surface area contributed by atoms with E-state index in [1.807, 2.05) is 48.5 Å². The molecule has 0 spiro atoms. The van der Waals surface area contributed by atoms with Gasteiger partial charge in [-0.15, -0.1) is 44.3 Å². The van der Waals surface area contributed by atoms with E-state index in [-0.39, 0.29) is 0 Å². The predicted octanol–water partition coefficient (Wildman–Crippen LogP) is 2.07. The zero-order valence-corrected chi connectivity index (χ0v) is 14.2. The SMILES string of the molecule is Cl[Si]1(Cl)c2ccccc2[Si](Cl)(Cl)c2ccccc21. The van der Waals surface area contributed by atoms with Crippen molar-refractivity contribution in [3.8, 4) is 0 Å². The summed E-state index contributed by atoms with van der Waals surface area (Å²) >= 11 is 26.7. The molecule has 6 heteroatoms. The van der Waals surface area contributed by atoms with Crippen LogP contribution >= 0.6 is 44.3 Å². The zero-order chi connectivity index (χ0) is 13.0. The Bertz CT molecular complexity index is 519. The third-order valence-corrected chi connectivity index (χ3v) is 13.0. The molecule has 0 aliphatic carbocycles. The molecule has 0 saturated carbocycles. The lowest BCUT2D eigenvalue weighted by molar-refractivity contribution is 1.76. The predicted molar refractivity (Wildman–Crippen MR) is 86.3 cm³/mol. The van der Waals surface area contributed by atoms with E-state index in [1.54, 1.807) is 0 Å². The first kappa shape index (κ1) is 13.0. The topological polar surface area (TPSA) is 0 Å². The van der Waals surface area contributed by atoms with Crippen molar-refractivity contribution in [3.05, 3.63) is 48.5 Å². The number of fused-ring (bicyclic) bond motifs is 2. The van der Waals surface area contributed by atoms with E-state index in [0.29, 0.717) is 0 Å². The highest BCUT2D eigenvalue weighted by atomic mass is 35.7. The van der Waals surface area contributed by atoms with Gasteiger partial charge in [0.25, 0.3) is 0 Å². The summed E-state index contributed by atoms with van der Waals surface area (Å²) in [5.74, 6) is 0. The summed E-state index contributed by atoms with van der Waals surface area (Å²) in [5, 5.41) is 3.74. The Hall–Kier alpha value is 0.0338. The van der Waals surface area contributed by atoms with Crippen LogP contribution in [-0.2, 0) is 0 Å². The second-order valence-corrected chi connectivity index (χ2v) is 16.7. The minimum Gasteiger partial charge on any atom is -0.134 e. The summed E-state index contributed by atoms with van der Waals surface area (Å²) in [6.45, 7) is -5.42. The molecule has 0 N–H and O–H groups in total. The highest BCUT2D eigenvalue weighted by molar-refractivity contribution is 7.64. The molecule has 2 aromatic carbocycles. The van der Waals surface area contributed by atoms with Crippen molar-refractivity contribution in [2.24, 2.45) is 0 Å². The molecule has 1 aliphatic heterocycles. The van der Waals surface area contributed by atoms with Gasteiger partial charge >= 0.3 is 13.4 Å². The van der Waals surface area contributed by atoms with E-state index in [1.165, 1.54) is 0 Å². The van der Waals surface area contributed by atoms with Gasteiger partial charge in [0.2, 0.25) is 0 Å². The van der Waals surface area contributed by atoms with Crippen molar-refractivity contribution < 1.29 is 0 Å². The van der Waals surface area contributed by atoms with Gasteiger partial charge in [-0.05, 0) is 20.7 Å². The molecule has 1 aliphatic rings. The normalized spacial score (nSPS) is 18.9. The van der Waals surface area contributed by atoms with Crippen LogP contribution in [0, 0.1) is 0 Å². The van der Waals surface area contributed by atoms with E-state index in [9.17, 15) is 0 Å². The molecule has 0 bridgehead atoms. The van der Waals surface area contributed by atoms with E-state index in [4.69, 9.17) is 44.3 Å². The average Bonchev–Trinajstić information content (AvgIpc) is 2.37. The van der Waals surface area contributed by atoms with Crippen molar-refractivity contribution in [2.75, 3.05) is 0 Å². The molecule has 0 fully saturated rings. The second-order valence-electron chi connectivity index (χ2n) is 4.24. The molecular formula is C12H8Cl4Si2. The van der Waals surface area contributed by atoms with Crippen LogP contribution in [0.1, 0.15) is 0 Å². The molecule has 18 heavy (non-hydrogen) atoms. The van der Waals surface area contributed by atoms with Crippen LogP contribution in [0.5, 0.6) is 0 Å². The molecule has 0 saturated heterocycles. The van der Waals surface area contributed by atoms with Crippen molar-refractivity contribution in [3.63, 3.8) is 0 Å². The first-order valence-corrected chi connectivity index (χ1v) is 13.5. The van der Waals surface area contributed by atoms with Crippen molar-refractivity contribution >= 4 is 78.4 Å². The highest BCUT2D eigenvalue weighted by Crippen LogP contribution is 2.24. The maximum absolute atomic E-state index is 6.67. The quantitative estimate of drug-likeness (QED) is 0.504. The van der Waals surface area contributed by atoms with Gasteiger partial charge in [-0.1, -0.05) is 48.5 Å². The van der Waals surface area contributed by atoms with Gasteiger partial charge in [-0.2, -0.15) is 0 Å². The number of halogens is 4. The average molecular weight is 350 g/mol. The molecule has 1 heterocycles. The van der Waals surface area contributed by atoms with Crippen LogP contribution < -0.4 is 20.7 Å². The minimum absolute atomic E-state index is 0.934. The molecule has 2 aromatic rings. The van der Waals surface area contributed by atoms with Crippen LogP contribution in [0.15, 0.2) is 48.5 Å².